The van der Waals surface area contributed by atoms with E-state index < -0.39 is 0 Å². The van der Waals surface area contributed by atoms with Crippen LogP contribution in [0.15, 0.2) is 24.3 Å². The van der Waals surface area contributed by atoms with Crippen molar-refractivity contribution in [1.29, 1.82) is 0 Å². The summed E-state index contributed by atoms with van der Waals surface area (Å²) in [5.41, 5.74) is 2.79. The van der Waals surface area contributed by atoms with E-state index in [0.29, 0.717) is 6.04 Å². The van der Waals surface area contributed by atoms with Gasteiger partial charge in [0.2, 0.25) is 0 Å². The molecule has 0 aromatic heterocycles. The first kappa shape index (κ1) is 10.3. The van der Waals surface area contributed by atoms with Crippen molar-refractivity contribution >= 4 is 0 Å². The molecule has 1 atom stereocenters. The SMILES string of the molecule is CCCNC(C)c1ccccc1C. The lowest BCUT2D eigenvalue weighted by molar-refractivity contribution is 0.568. The number of nitrogens with one attached hydrogen (secondary N) is 1. The molecule has 0 amide bonds. The van der Waals surface area contributed by atoms with Gasteiger partial charge in [-0.25, -0.2) is 0 Å². The van der Waals surface area contributed by atoms with Gasteiger partial charge in [0, 0.05) is 6.04 Å². The average Bonchev–Trinajstić information content (AvgIpc) is 2.15. The zero-order valence-electron chi connectivity index (χ0n) is 8.80. The topological polar surface area (TPSA) is 12.0 Å². The van der Waals surface area contributed by atoms with Crippen LogP contribution in [0.2, 0.25) is 0 Å². The third kappa shape index (κ3) is 2.85. The second-order valence-corrected chi connectivity index (χ2v) is 3.53. The Balaban J connectivity index is 2.65. The summed E-state index contributed by atoms with van der Waals surface area (Å²) in [6.07, 6.45) is 1.19. The number of hydrogen-bond donors (Lipinski definition) is 1. The van der Waals surface area contributed by atoms with Gasteiger partial charge in [-0.1, -0.05) is 31.2 Å². The van der Waals surface area contributed by atoms with Crippen molar-refractivity contribution in [2.75, 3.05) is 6.54 Å². The molecule has 0 aliphatic heterocycles. The van der Waals surface area contributed by atoms with Crippen molar-refractivity contribution in [3.63, 3.8) is 0 Å². The maximum atomic E-state index is 3.49. The molecule has 0 spiro atoms. The maximum absolute atomic E-state index is 3.49. The van der Waals surface area contributed by atoms with Gasteiger partial charge in [0.15, 0.2) is 0 Å². The van der Waals surface area contributed by atoms with Crippen molar-refractivity contribution in [2.45, 2.75) is 33.2 Å². The smallest absolute Gasteiger partial charge is 0.0294 e. The fourth-order valence-electron chi connectivity index (χ4n) is 1.54. The lowest BCUT2D eigenvalue weighted by Gasteiger charge is -2.15. The molecular formula is C12H19N. The molecule has 13 heavy (non-hydrogen) atoms. The molecule has 0 aliphatic carbocycles. The summed E-state index contributed by atoms with van der Waals surface area (Å²) in [7, 11) is 0. The van der Waals surface area contributed by atoms with Crippen LogP contribution in [-0.4, -0.2) is 6.54 Å². The molecule has 1 unspecified atom stereocenters. The van der Waals surface area contributed by atoms with Crippen molar-refractivity contribution in [3.8, 4) is 0 Å². The monoisotopic (exact) mass is 177 g/mol. The summed E-state index contributed by atoms with van der Waals surface area (Å²) < 4.78 is 0. The van der Waals surface area contributed by atoms with Crippen LogP contribution in [0.3, 0.4) is 0 Å². The molecule has 0 radical (unpaired) electrons. The number of hydrogen-bond acceptors (Lipinski definition) is 1. The van der Waals surface area contributed by atoms with E-state index in [4.69, 9.17) is 0 Å². The first-order valence-electron chi connectivity index (χ1n) is 5.04. The summed E-state index contributed by atoms with van der Waals surface area (Å²) in [5, 5.41) is 3.49. The fourth-order valence-corrected chi connectivity index (χ4v) is 1.54. The van der Waals surface area contributed by atoms with E-state index in [9.17, 15) is 0 Å². The Bertz CT molecular complexity index is 255. The Labute approximate surface area is 81.2 Å². The zero-order chi connectivity index (χ0) is 9.68. The number of aryl methyl sites for hydroxylation is 1. The number of benzene rings is 1. The molecule has 1 aromatic carbocycles. The van der Waals surface area contributed by atoms with Gasteiger partial charge < -0.3 is 5.32 Å². The quantitative estimate of drug-likeness (QED) is 0.745. The molecule has 0 saturated heterocycles. The van der Waals surface area contributed by atoms with Gasteiger partial charge in [0.25, 0.3) is 0 Å². The molecular weight excluding hydrogens is 158 g/mol. The first-order chi connectivity index (χ1) is 6.25. The minimum absolute atomic E-state index is 0.473. The molecule has 1 nitrogen and oxygen atoms in total. The lowest BCUT2D eigenvalue weighted by Crippen LogP contribution is -2.19. The largest absolute Gasteiger partial charge is 0.310 e. The van der Waals surface area contributed by atoms with Crippen molar-refractivity contribution in [2.24, 2.45) is 0 Å². The van der Waals surface area contributed by atoms with E-state index in [-0.39, 0.29) is 0 Å². The molecule has 0 saturated carbocycles. The van der Waals surface area contributed by atoms with Crippen LogP contribution in [0, 0.1) is 6.92 Å². The van der Waals surface area contributed by atoms with E-state index >= 15 is 0 Å². The van der Waals surface area contributed by atoms with E-state index in [1.807, 2.05) is 0 Å². The predicted octanol–water partition coefficient (Wildman–Crippen LogP) is 3.06. The van der Waals surface area contributed by atoms with Gasteiger partial charge in [-0.05, 0) is 37.9 Å². The second-order valence-electron chi connectivity index (χ2n) is 3.53. The highest BCUT2D eigenvalue weighted by Gasteiger charge is 2.05. The summed E-state index contributed by atoms with van der Waals surface area (Å²) >= 11 is 0. The summed E-state index contributed by atoms with van der Waals surface area (Å²) in [6, 6.07) is 9.03. The van der Waals surface area contributed by atoms with Gasteiger partial charge in [0.05, 0.1) is 0 Å². The molecule has 0 bridgehead atoms. The molecule has 0 heterocycles. The van der Waals surface area contributed by atoms with Crippen LogP contribution in [0.25, 0.3) is 0 Å². The second kappa shape index (κ2) is 5.03. The Morgan fingerprint density at radius 3 is 2.62 bits per heavy atom. The van der Waals surface area contributed by atoms with Gasteiger partial charge in [-0.15, -0.1) is 0 Å². The summed E-state index contributed by atoms with van der Waals surface area (Å²) in [6.45, 7) is 7.67. The third-order valence-corrected chi connectivity index (χ3v) is 2.36. The first-order valence-corrected chi connectivity index (χ1v) is 5.04. The van der Waals surface area contributed by atoms with E-state index in [1.165, 1.54) is 17.5 Å². The van der Waals surface area contributed by atoms with Crippen molar-refractivity contribution < 1.29 is 0 Å². The molecule has 1 N–H and O–H groups in total. The van der Waals surface area contributed by atoms with Gasteiger partial charge in [-0.3, -0.25) is 0 Å². The van der Waals surface area contributed by atoms with Crippen molar-refractivity contribution in [1.82, 2.24) is 5.32 Å². The molecule has 72 valence electrons. The molecule has 0 aliphatic rings. The highest BCUT2D eigenvalue weighted by atomic mass is 14.9. The maximum Gasteiger partial charge on any atom is 0.0294 e. The van der Waals surface area contributed by atoms with E-state index in [0.717, 1.165) is 6.54 Å². The van der Waals surface area contributed by atoms with Gasteiger partial charge >= 0.3 is 0 Å². The summed E-state index contributed by atoms with van der Waals surface area (Å²) in [4.78, 5) is 0. The molecule has 1 heteroatoms. The standard InChI is InChI=1S/C12H19N/c1-4-9-13-11(3)12-8-6-5-7-10(12)2/h5-8,11,13H,4,9H2,1-3H3. The highest BCUT2D eigenvalue weighted by molar-refractivity contribution is 5.28. The van der Waals surface area contributed by atoms with Crippen LogP contribution in [0.4, 0.5) is 0 Å². The zero-order valence-corrected chi connectivity index (χ0v) is 8.80. The highest BCUT2D eigenvalue weighted by Crippen LogP contribution is 2.16. The Morgan fingerprint density at radius 2 is 2.00 bits per heavy atom. The van der Waals surface area contributed by atoms with Gasteiger partial charge in [0.1, 0.15) is 0 Å². The Kier molecular flexibility index (Phi) is 3.97. The van der Waals surface area contributed by atoms with Crippen LogP contribution in [-0.2, 0) is 0 Å². The normalized spacial score (nSPS) is 12.8. The summed E-state index contributed by atoms with van der Waals surface area (Å²) in [5.74, 6) is 0. The fraction of sp³-hybridized carbons (Fsp3) is 0.500. The minimum Gasteiger partial charge on any atom is -0.310 e. The van der Waals surface area contributed by atoms with Crippen LogP contribution in [0.5, 0.6) is 0 Å². The predicted molar refractivity (Wildman–Crippen MR) is 57.9 cm³/mol. The average molecular weight is 177 g/mol. The molecule has 1 aromatic rings. The molecule has 0 fully saturated rings. The van der Waals surface area contributed by atoms with E-state index in [1.54, 1.807) is 0 Å². The van der Waals surface area contributed by atoms with Crippen LogP contribution >= 0.6 is 0 Å². The van der Waals surface area contributed by atoms with Crippen molar-refractivity contribution in [3.05, 3.63) is 35.4 Å². The van der Waals surface area contributed by atoms with E-state index in [2.05, 4.69) is 50.4 Å². The van der Waals surface area contributed by atoms with Crippen LogP contribution < -0.4 is 5.32 Å². The Morgan fingerprint density at radius 1 is 1.31 bits per heavy atom. The third-order valence-electron chi connectivity index (χ3n) is 2.36. The van der Waals surface area contributed by atoms with Crippen LogP contribution in [0.1, 0.15) is 37.4 Å². The lowest BCUT2D eigenvalue weighted by atomic mass is 10.0. The van der Waals surface area contributed by atoms with Gasteiger partial charge in [-0.2, -0.15) is 0 Å². The number of rotatable bonds is 4. The Hall–Kier alpha value is -0.820. The minimum atomic E-state index is 0.473. The molecule has 1 rings (SSSR count).